The summed E-state index contributed by atoms with van der Waals surface area (Å²) in [5.41, 5.74) is -1.74. The fourth-order valence-corrected chi connectivity index (χ4v) is 2.19. The highest BCUT2D eigenvalue weighted by atomic mass is 79.9. The van der Waals surface area contributed by atoms with E-state index in [2.05, 4.69) is 20.9 Å². The van der Waals surface area contributed by atoms with Crippen LogP contribution in [0.15, 0.2) is 9.98 Å². The average Bonchev–Trinajstić information content (AvgIpc) is 2.34. The number of carboxylic acids is 1. The molecule has 0 fully saturated rings. The molecule has 0 saturated carbocycles. The molecule has 4 nitrogen and oxygen atoms in total. The SMILES string of the molecule is CC(O)(Cc1ncc(Br)s1)C(=O)O. The van der Waals surface area contributed by atoms with Gasteiger partial charge in [0.25, 0.3) is 0 Å². The fraction of sp³-hybridized carbons (Fsp3) is 0.429. The summed E-state index contributed by atoms with van der Waals surface area (Å²) in [5.74, 6) is -1.24. The highest BCUT2D eigenvalue weighted by molar-refractivity contribution is 9.11. The Kier molecular flexibility index (Phi) is 3.05. The summed E-state index contributed by atoms with van der Waals surface area (Å²) in [5, 5.41) is 18.6. The van der Waals surface area contributed by atoms with Gasteiger partial charge in [0, 0.05) is 6.42 Å². The van der Waals surface area contributed by atoms with E-state index in [4.69, 9.17) is 5.11 Å². The Morgan fingerprint density at radius 2 is 2.46 bits per heavy atom. The number of carbonyl (C=O) groups is 1. The Labute approximate surface area is 87.4 Å². The molecule has 0 bridgehead atoms. The van der Waals surface area contributed by atoms with Crippen molar-refractivity contribution in [3.05, 3.63) is 15.0 Å². The second kappa shape index (κ2) is 3.73. The van der Waals surface area contributed by atoms with Crippen LogP contribution in [-0.4, -0.2) is 26.8 Å². The first kappa shape index (κ1) is 10.6. The molecule has 0 aliphatic rings. The number of aliphatic hydroxyl groups is 1. The zero-order valence-corrected chi connectivity index (χ0v) is 9.22. The molecular weight excluding hydrogens is 258 g/mol. The summed E-state index contributed by atoms with van der Waals surface area (Å²) in [4.78, 5) is 14.5. The van der Waals surface area contributed by atoms with Crippen LogP contribution in [-0.2, 0) is 11.2 Å². The molecule has 0 spiro atoms. The predicted molar refractivity (Wildman–Crippen MR) is 51.8 cm³/mol. The van der Waals surface area contributed by atoms with Crippen LogP contribution < -0.4 is 0 Å². The Hall–Kier alpha value is -0.460. The standard InChI is InChI=1S/C7H8BrNO3S/c1-7(12,6(10)11)2-5-9-3-4(8)13-5/h3,12H,2H2,1H3,(H,10,11). The Morgan fingerprint density at radius 1 is 1.85 bits per heavy atom. The maximum atomic E-state index is 10.5. The minimum atomic E-state index is -1.74. The van der Waals surface area contributed by atoms with Crippen molar-refractivity contribution in [3.63, 3.8) is 0 Å². The number of thiazole rings is 1. The van der Waals surface area contributed by atoms with Crippen molar-refractivity contribution in [2.75, 3.05) is 0 Å². The third kappa shape index (κ3) is 2.75. The first-order valence-electron chi connectivity index (χ1n) is 3.48. The quantitative estimate of drug-likeness (QED) is 0.864. The van der Waals surface area contributed by atoms with E-state index in [9.17, 15) is 9.90 Å². The predicted octanol–water partition coefficient (Wildman–Crippen LogP) is 1.28. The molecule has 1 atom stereocenters. The molecule has 0 aromatic carbocycles. The molecule has 1 unspecified atom stereocenters. The van der Waals surface area contributed by atoms with Gasteiger partial charge in [0.15, 0.2) is 5.60 Å². The number of aliphatic carboxylic acids is 1. The van der Waals surface area contributed by atoms with Gasteiger partial charge in [0.05, 0.1) is 15.0 Å². The molecule has 72 valence electrons. The van der Waals surface area contributed by atoms with Crippen LogP contribution in [0.25, 0.3) is 0 Å². The van der Waals surface area contributed by atoms with E-state index in [1.807, 2.05) is 0 Å². The van der Waals surface area contributed by atoms with Gasteiger partial charge in [0.2, 0.25) is 0 Å². The van der Waals surface area contributed by atoms with Gasteiger partial charge in [-0.05, 0) is 22.9 Å². The molecule has 0 aliphatic heterocycles. The molecule has 0 aliphatic carbocycles. The summed E-state index contributed by atoms with van der Waals surface area (Å²) < 4.78 is 0.823. The van der Waals surface area contributed by atoms with Gasteiger partial charge in [0.1, 0.15) is 0 Å². The first-order valence-corrected chi connectivity index (χ1v) is 5.09. The van der Waals surface area contributed by atoms with Crippen LogP contribution in [0.2, 0.25) is 0 Å². The van der Waals surface area contributed by atoms with E-state index in [0.29, 0.717) is 5.01 Å². The van der Waals surface area contributed by atoms with Crippen molar-refractivity contribution < 1.29 is 15.0 Å². The van der Waals surface area contributed by atoms with E-state index < -0.39 is 11.6 Å². The molecule has 2 N–H and O–H groups in total. The number of hydrogen-bond donors (Lipinski definition) is 2. The molecule has 6 heteroatoms. The largest absolute Gasteiger partial charge is 0.479 e. The number of halogens is 1. The average molecular weight is 266 g/mol. The highest BCUT2D eigenvalue weighted by Gasteiger charge is 2.31. The third-order valence-corrected chi connectivity index (χ3v) is 2.96. The van der Waals surface area contributed by atoms with E-state index in [1.54, 1.807) is 6.20 Å². The van der Waals surface area contributed by atoms with E-state index in [-0.39, 0.29) is 6.42 Å². The summed E-state index contributed by atoms with van der Waals surface area (Å²) >= 11 is 4.52. The van der Waals surface area contributed by atoms with E-state index in [1.165, 1.54) is 18.3 Å². The van der Waals surface area contributed by atoms with Crippen LogP contribution in [0, 0.1) is 0 Å². The van der Waals surface area contributed by atoms with Gasteiger partial charge in [-0.2, -0.15) is 0 Å². The van der Waals surface area contributed by atoms with Crippen molar-refractivity contribution in [3.8, 4) is 0 Å². The summed E-state index contributed by atoms with van der Waals surface area (Å²) in [7, 11) is 0. The third-order valence-electron chi connectivity index (χ3n) is 1.48. The van der Waals surface area contributed by atoms with Crippen LogP contribution in [0.1, 0.15) is 11.9 Å². The lowest BCUT2D eigenvalue weighted by Crippen LogP contribution is -2.37. The minimum absolute atomic E-state index is 0.0264. The number of aromatic nitrogens is 1. The molecule has 13 heavy (non-hydrogen) atoms. The molecule has 1 rings (SSSR count). The zero-order chi connectivity index (χ0) is 10.1. The fourth-order valence-electron chi connectivity index (χ4n) is 0.740. The molecule has 1 aromatic rings. The van der Waals surface area contributed by atoms with Gasteiger partial charge in [-0.3, -0.25) is 0 Å². The Morgan fingerprint density at radius 3 is 2.85 bits per heavy atom. The van der Waals surface area contributed by atoms with Crippen LogP contribution >= 0.6 is 27.3 Å². The summed E-state index contributed by atoms with van der Waals surface area (Å²) in [6.07, 6.45) is 1.61. The lowest BCUT2D eigenvalue weighted by Gasteiger charge is -2.15. The number of carboxylic acid groups (broad SMARTS) is 1. The normalized spacial score (nSPS) is 15.3. The lowest BCUT2D eigenvalue weighted by atomic mass is 10.0. The molecular formula is C7H8BrNO3S. The lowest BCUT2D eigenvalue weighted by molar-refractivity contribution is -0.156. The summed E-state index contributed by atoms with van der Waals surface area (Å²) in [6.45, 7) is 1.25. The van der Waals surface area contributed by atoms with Crippen molar-refractivity contribution in [1.82, 2.24) is 4.98 Å². The zero-order valence-electron chi connectivity index (χ0n) is 6.82. The van der Waals surface area contributed by atoms with Gasteiger partial charge in [-0.1, -0.05) is 0 Å². The molecule has 0 amide bonds. The molecule has 0 radical (unpaired) electrons. The van der Waals surface area contributed by atoms with Gasteiger partial charge in [-0.25, -0.2) is 9.78 Å². The maximum absolute atomic E-state index is 10.5. The molecule has 1 heterocycles. The Balaban J connectivity index is 2.74. The Bertz CT molecular complexity index is 323. The first-order chi connectivity index (χ1) is 5.92. The molecule has 1 aromatic heterocycles. The molecule has 0 saturated heterocycles. The van der Waals surface area contributed by atoms with E-state index in [0.717, 1.165) is 3.79 Å². The van der Waals surface area contributed by atoms with Gasteiger partial charge in [-0.15, -0.1) is 11.3 Å². The van der Waals surface area contributed by atoms with Crippen molar-refractivity contribution >= 4 is 33.2 Å². The van der Waals surface area contributed by atoms with Gasteiger partial charge >= 0.3 is 5.97 Å². The second-order valence-electron chi connectivity index (χ2n) is 2.81. The van der Waals surface area contributed by atoms with Crippen molar-refractivity contribution in [2.45, 2.75) is 18.9 Å². The summed E-state index contributed by atoms with van der Waals surface area (Å²) in [6, 6.07) is 0. The van der Waals surface area contributed by atoms with Crippen molar-refractivity contribution in [2.24, 2.45) is 0 Å². The van der Waals surface area contributed by atoms with Crippen LogP contribution in [0.5, 0.6) is 0 Å². The van der Waals surface area contributed by atoms with Crippen LogP contribution in [0.3, 0.4) is 0 Å². The number of nitrogens with zero attached hydrogens (tertiary/aromatic N) is 1. The smallest absolute Gasteiger partial charge is 0.335 e. The topological polar surface area (TPSA) is 70.4 Å². The highest BCUT2D eigenvalue weighted by Crippen LogP contribution is 2.22. The maximum Gasteiger partial charge on any atom is 0.335 e. The monoisotopic (exact) mass is 265 g/mol. The minimum Gasteiger partial charge on any atom is -0.479 e. The van der Waals surface area contributed by atoms with Crippen LogP contribution in [0.4, 0.5) is 0 Å². The van der Waals surface area contributed by atoms with Gasteiger partial charge < -0.3 is 10.2 Å². The number of hydrogen-bond acceptors (Lipinski definition) is 4. The van der Waals surface area contributed by atoms with Crippen molar-refractivity contribution in [1.29, 1.82) is 0 Å². The second-order valence-corrected chi connectivity index (χ2v) is 5.31. The number of rotatable bonds is 3. The van der Waals surface area contributed by atoms with E-state index >= 15 is 0 Å².